The Labute approximate surface area is 129 Å². The maximum absolute atomic E-state index is 5.92. The molecule has 0 aliphatic heterocycles. The minimum atomic E-state index is -0.505. The van der Waals surface area contributed by atoms with Gasteiger partial charge < -0.3 is 15.0 Å². The van der Waals surface area contributed by atoms with E-state index in [0.29, 0.717) is 29.0 Å². The molecule has 0 atom stereocenters. The summed E-state index contributed by atoms with van der Waals surface area (Å²) in [5.41, 5.74) is 6.52. The monoisotopic (exact) mass is 309 g/mol. The van der Waals surface area contributed by atoms with Gasteiger partial charge in [-0.05, 0) is 38.0 Å². The van der Waals surface area contributed by atoms with Crippen molar-refractivity contribution in [1.29, 1.82) is 0 Å². The van der Waals surface area contributed by atoms with E-state index in [2.05, 4.69) is 24.0 Å². The number of nitrogen functional groups attached to an aromatic ring is 1. The number of hydrogen-bond acceptors (Lipinski definition) is 5. The van der Waals surface area contributed by atoms with Gasteiger partial charge in [0.1, 0.15) is 5.60 Å². The molecule has 0 saturated carbocycles. The van der Waals surface area contributed by atoms with Crippen LogP contribution < -0.4 is 5.73 Å². The number of nitrogens with two attached hydrogens (primary N) is 1. The van der Waals surface area contributed by atoms with Gasteiger partial charge in [0, 0.05) is 12.2 Å². The van der Waals surface area contributed by atoms with Crippen LogP contribution in [0.25, 0.3) is 11.5 Å². The van der Waals surface area contributed by atoms with Crippen LogP contribution in [0, 0.1) is 0 Å². The van der Waals surface area contributed by atoms with Crippen LogP contribution in [0.4, 0.5) is 5.69 Å². The van der Waals surface area contributed by atoms with Crippen LogP contribution in [-0.4, -0.2) is 16.7 Å². The fraction of sp³-hybridized carbons (Fsp3) is 0.467. The van der Waals surface area contributed by atoms with Gasteiger partial charge in [0.2, 0.25) is 5.82 Å². The van der Waals surface area contributed by atoms with E-state index in [0.717, 1.165) is 18.4 Å². The Kier molecular flexibility index (Phi) is 4.85. The first-order valence-corrected chi connectivity index (χ1v) is 7.47. The van der Waals surface area contributed by atoms with Crippen molar-refractivity contribution in [1.82, 2.24) is 10.1 Å². The minimum absolute atomic E-state index is 0.416. The zero-order valence-electron chi connectivity index (χ0n) is 12.5. The van der Waals surface area contributed by atoms with Crippen LogP contribution in [0.15, 0.2) is 22.7 Å². The first kappa shape index (κ1) is 15.8. The SMILES string of the molecule is CCOC(CC)(CC)c1noc(-c2ccc(Cl)c(N)c2)n1. The Morgan fingerprint density at radius 3 is 2.57 bits per heavy atom. The number of ether oxygens (including phenoxy) is 1. The highest BCUT2D eigenvalue weighted by atomic mass is 35.5. The summed E-state index contributed by atoms with van der Waals surface area (Å²) in [4.78, 5) is 4.48. The molecule has 0 spiro atoms. The molecule has 0 unspecified atom stereocenters. The predicted octanol–water partition coefficient (Wildman–Crippen LogP) is 4.02. The Balaban J connectivity index is 2.38. The molecule has 0 saturated heterocycles. The third-order valence-electron chi connectivity index (χ3n) is 3.64. The number of anilines is 1. The van der Waals surface area contributed by atoms with Crippen LogP contribution in [0.5, 0.6) is 0 Å². The lowest BCUT2D eigenvalue weighted by molar-refractivity contribution is -0.0583. The quantitative estimate of drug-likeness (QED) is 0.816. The van der Waals surface area contributed by atoms with Gasteiger partial charge in [-0.3, -0.25) is 0 Å². The van der Waals surface area contributed by atoms with Gasteiger partial charge in [0.25, 0.3) is 5.89 Å². The van der Waals surface area contributed by atoms with Crippen molar-refractivity contribution in [2.75, 3.05) is 12.3 Å². The van der Waals surface area contributed by atoms with Crippen LogP contribution in [-0.2, 0) is 10.3 Å². The molecule has 2 N–H and O–H groups in total. The number of aromatic nitrogens is 2. The van der Waals surface area contributed by atoms with Crippen LogP contribution in [0.3, 0.4) is 0 Å². The van der Waals surface area contributed by atoms with Crippen LogP contribution >= 0.6 is 11.6 Å². The average Bonchev–Trinajstić information content (AvgIpc) is 2.98. The number of benzene rings is 1. The lowest BCUT2D eigenvalue weighted by Crippen LogP contribution is -2.29. The second kappa shape index (κ2) is 6.45. The van der Waals surface area contributed by atoms with Crippen molar-refractivity contribution < 1.29 is 9.26 Å². The van der Waals surface area contributed by atoms with E-state index in [4.69, 9.17) is 26.6 Å². The predicted molar refractivity (Wildman–Crippen MR) is 83.0 cm³/mol. The van der Waals surface area contributed by atoms with Crippen molar-refractivity contribution in [3.05, 3.63) is 29.0 Å². The first-order valence-electron chi connectivity index (χ1n) is 7.09. The Bertz CT molecular complexity index is 609. The lowest BCUT2D eigenvalue weighted by atomic mass is 9.96. The van der Waals surface area contributed by atoms with Crippen LogP contribution in [0.1, 0.15) is 39.4 Å². The summed E-state index contributed by atoms with van der Waals surface area (Å²) in [6, 6.07) is 5.24. The Morgan fingerprint density at radius 1 is 1.29 bits per heavy atom. The summed E-state index contributed by atoms with van der Waals surface area (Å²) in [5.74, 6) is 0.984. The van der Waals surface area contributed by atoms with E-state index < -0.39 is 5.60 Å². The largest absolute Gasteiger partial charge is 0.398 e. The zero-order valence-corrected chi connectivity index (χ0v) is 13.3. The normalized spacial score (nSPS) is 11.8. The van der Waals surface area contributed by atoms with Crippen molar-refractivity contribution in [2.45, 2.75) is 39.2 Å². The van der Waals surface area contributed by atoms with E-state index in [-0.39, 0.29) is 0 Å². The van der Waals surface area contributed by atoms with E-state index in [1.54, 1.807) is 18.2 Å². The maximum atomic E-state index is 5.92. The minimum Gasteiger partial charge on any atom is -0.398 e. The molecule has 2 rings (SSSR count). The highest BCUT2D eigenvalue weighted by Crippen LogP contribution is 2.33. The molecule has 1 aromatic heterocycles. The Hall–Kier alpha value is -1.59. The molecule has 0 aliphatic rings. The zero-order chi connectivity index (χ0) is 15.5. The maximum Gasteiger partial charge on any atom is 0.258 e. The number of rotatable bonds is 6. The molecule has 1 heterocycles. The molecule has 5 nitrogen and oxygen atoms in total. The van der Waals surface area contributed by atoms with Crippen molar-refractivity contribution in [3.8, 4) is 11.5 Å². The number of halogens is 1. The molecular formula is C15H20ClN3O2. The third-order valence-corrected chi connectivity index (χ3v) is 3.98. The molecule has 0 fully saturated rings. The average molecular weight is 310 g/mol. The highest BCUT2D eigenvalue weighted by Gasteiger charge is 2.34. The summed E-state index contributed by atoms with van der Waals surface area (Å²) in [7, 11) is 0. The van der Waals surface area contributed by atoms with Crippen molar-refractivity contribution in [2.24, 2.45) is 0 Å². The first-order chi connectivity index (χ1) is 10.1. The van der Waals surface area contributed by atoms with Gasteiger partial charge in [-0.15, -0.1) is 0 Å². The lowest BCUT2D eigenvalue weighted by Gasteiger charge is -2.27. The second-order valence-electron chi connectivity index (χ2n) is 4.79. The summed E-state index contributed by atoms with van der Waals surface area (Å²) in [6.07, 6.45) is 1.55. The number of nitrogens with zero attached hydrogens (tertiary/aromatic N) is 2. The molecule has 0 aliphatic carbocycles. The van der Waals surface area contributed by atoms with Gasteiger partial charge in [-0.25, -0.2) is 0 Å². The second-order valence-corrected chi connectivity index (χ2v) is 5.20. The molecule has 0 bridgehead atoms. The highest BCUT2D eigenvalue weighted by molar-refractivity contribution is 6.33. The molecule has 21 heavy (non-hydrogen) atoms. The van der Waals surface area contributed by atoms with Gasteiger partial charge >= 0.3 is 0 Å². The van der Waals surface area contributed by atoms with Crippen LogP contribution in [0.2, 0.25) is 5.02 Å². The molecule has 114 valence electrons. The summed E-state index contributed by atoms with van der Waals surface area (Å²) >= 11 is 5.92. The standard InChI is InChI=1S/C15H20ClN3O2/c1-4-15(5-2,20-6-3)14-18-13(21-19-14)10-7-8-11(16)12(17)9-10/h7-9H,4-6,17H2,1-3H3. The fourth-order valence-electron chi connectivity index (χ4n) is 2.31. The van der Waals surface area contributed by atoms with E-state index in [1.165, 1.54) is 0 Å². The Morgan fingerprint density at radius 2 is 2.00 bits per heavy atom. The van der Waals surface area contributed by atoms with Crippen molar-refractivity contribution in [3.63, 3.8) is 0 Å². The molecule has 6 heteroatoms. The van der Waals surface area contributed by atoms with E-state index in [9.17, 15) is 0 Å². The van der Waals surface area contributed by atoms with E-state index in [1.807, 2.05) is 6.92 Å². The van der Waals surface area contributed by atoms with Gasteiger partial charge in [-0.2, -0.15) is 4.98 Å². The van der Waals surface area contributed by atoms with Gasteiger partial charge in [0.05, 0.1) is 10.7 Å². The number of hydrogen-bond donors (Lipinski definition) is 1. The topological polar surface area (TPSA) is 74.2 Å². The van der Waals surface area contributed by atoms with E-state index >= 15 is 0 Å². The molecular weight excluding hydrogens is 290 g/mol. The molecule has 1 aromatic carbocycles. The summed E-state index contributed by atoms with van der Waals surface area (Å²) in [5, 5.41) is 4.60. The molecule has 2 aromatic rings. The van der Waals surface area contributed by atoms with Crippen molar-refractivity contribution >= 4 is 17.3 Å². The summed E-state index contributed by atoms with van der Waals surface area (Å²) < 4.78 is 11.2. The third kappa shape index (κ3) is 3.04. The molecule has 0 amide bonds. The van der Waals surface area contributed by atoms with Gasteiger partial charge in [0.15, 0.2) is 0 Å². The van der Waals surface area contributed by atoms with Gasteiger partial charge in [-0.1, -0.05) is 30.6 Å². The smallest absolute Gasteiger partial charge is 0.258 e. The fourth-order valence-corrected chi connectivity index (χ4v) is 2.43. The summed E-state index contributed by atoms with van der Waals surface area (Å²) in [6.45, 7) is 6.66. The molecule has 0 radical (unpaired) electrons.